The van der Waals surface area contributed by atoms with Gasteiger partial charge in [0.15, 0.2) is 0 Å². The maximum absolute atomic E-state index is 4.65. The van der Waals surface area contributed by atoms with Crippen molar-refractivity contribution < 1.29 is 0 Å². The molecular formula is C17H32N4. The van der Waals surface area contributed by atoms with Crippen LogP contribution in [0.25, 0.3) is 0 Å². The Morgan fingerprint density at radius 1 is 1.29 bits per heavy atom. The highest BCUT2D eigenvalue weighted by atomic mass is 15.2. The summed E-state index contributed by atoms with van der Waals surface area (Å²) in [5.41, 5.74) is 1.37. The van der Waals surface area contributed by atoms with Crippen LogP contribution in [0, 0.1) is 0 Å². The van der Waals surface area contributed by atoms with E-state index in [-0.39, 0.29) is 5.54 Å². The third-order valence-electron chi connectivity index (χ3n) is 3.45. The minimum atomic E-state index is 0.111. The van der Waals surface area contributed by atoms with E-state index in [1.54, 1.807) is 0 Å². The lowest BCUT2D eigenvalue weighted by molar-refractivity contribution is 0.371. The van der Waals surface area contributed by atoms with Gasteiger partial charge in [0.1, 0.15) is 5.82 Å². The van der Waals surface area contributed by atoms with E-state index in [4.69, 9.17) is 0 Å². The Balaban J connectivity index is 2.93. The molecule has 120 valence electrons. The minimum Gasteiger partial charge on any atom is -0.353 e. The Labute approximate surface area is 130 Å². The van der Waals surface area contributed by atoms with Gasteiger partial charge in [0.2, 0.25) is 0 Å². The van der Waals surface area contributed by atoms with Crippen molar-refractivity contribution in [3.8, 4) is 0 Å². The Morgan fingerprint density at radius 2 is 1.95 bits per heavy atom. The van der Waals surface area contributed by atoms with Crippen LogP contribution in [0.3, 0.4) is 0 Å². The van der Waals surface area contributed by atoms with Crippen molar-refractivity contribution in [2.24, 2.45) is 0 Å². The van der Waals surface area contributed by atoms with Crippen molar-refractivity contribution in [1.29, 1.82) is 0 Å². The number of pyridine rings is 1. The third-order valence-corrected chi connectivity index (χ3v) is 3.45. The lowest BCUT2D eigenvalue weighted by atomic mass is 10.1. The molecule has 0 saturated heterocycles. The van der Waals surface area contributed by atoms with E-state index in [0.717, 1.165) is 25.5 Å². The first-order valence-corrected chi connectivity index (χ1v) is 7.85. The van der Waals surface area contributed by atoms with E-state index >= 15 is 0 Å². The van der Waals surface area contributed by atoms with Crippen molar-refractivity contribution >= 4 is 5.82 Å². The average molecular weight is 292 g/mol. The van der Waals surface area contributed by atoms with Gasteiger partial charge in [-0.1, -0.05) is 6.07 Å². The zero-order valence-corrected chi connectivity index (χ0v) is 14.8. The molecule has 1 rings (SSSR count). The van der Waals surface area contributed by atoms with Gasteiger partial charge in [-0.2, -0.15) is 0 Å². The summed E-state index contributed by atoms with van der Waals surface area (Å²) < 4.78 is 0. The van der Waals surface area contributed by atoms with Gasteiger partial charge in [-0.25, -0.2) is 4.98 Å². The van der Waals surface area contributed by atoms with Crippen LogP contribution in [-0.2, 0) is 6.54 Å². The normalized spacial score (nSPS) is 13.5. The van der Waals surface area contributed by atoms with Crippen LogP contribution in [0.4, 0.5) is 5.82 Å². The second kappa shape index (κ2) is 7.76. The molecule has 1 aromatic heterocycles. The Morgan fingerprint density at radius 3 is 2.48 bits per heavy atom. The third kappa shape index (κ3) is 6.02. The largest absolute Gasteiger partial charge is 0.353 e. The van der Waals surface area contributed by atoms with Gasteiger partial charge in [-0.05, 0) is 54.8 Å². The summed E-state index contributed by atoms with van der Waals surface area (Å²) in [5.74, 6) is 1.10. The van der Waals surface area contributed by atoms with Gasteiger partial charge in [0, 0.05) is 43.0 Å². The van der Waals surface area contributed by atoms with Crippen LogP contribution in [-0.4, -0.2) is 48.6 Å². The molecule has 0 amide bonds. The van der Waals surface area contributed by atoms with Crippen LogP contribution in [0.5, 0.6) is 0 Å². The van der Waals surface area contributed by atoms with Gasteiger partial charge < -0.3 is 15.1 Å². The highest BCUT2D eigenvalue weighted by Gasteiger charge is 2.18. The van der Waals surface area contributed by atoms with Gasteiger partial charge in [-0.15, -0.1) is 0 Å². The van der Waals surface area contributed by atoms with E-state index < -0.39 is 0 Å². The fourth-order valence-electron chi connectivity index (χ4n) is 2.48. The summed E-state index contributed by atoms with van der Waals surface area (Å²) >= 11 is 0. The number of hydrogen-bond acceptors (Lipinski definition) is 4. The monoisotopic (exact) mass is 292 g/mol. The lowest BCUT2D eigenvalue weighted by Gasteiger charge is -2.33. The fraction of sp³-hybridized carbons (Fsp3) is 0.706. The molecular weight excluding hydrogens is 260 g/mol. The molecule has 4 heteroatoms. The van der Waals surface area contributed by atoms with Crippen molar-refractivity contribution in [1.82, 2.24) is 15.2 Å². The quantitative estimate of drug-likeness (QED) is 0.837. The smallest absolute Gasteiger partial charge is 0.133 e. The molecule has 4 nitrogen and oxygen atoms in total. The fourth-order valence-corrected chi connectivity index (χ4v) is 2.48. The molecule has 1 N–H and O–H groups in total. The van der Waals surface area contributed by atoms with Crippen LogP contribution in [0.1, 0.15) is 40.2 Å². The summed E-state index contributed by atoms with van der Waals surface area (Å²) in [4.78, 5) is 9.26. The number of nitrogens with one attached hydrogen (secondary N) is 1. The summed E-state index contributed by atoms with van der Waals surface area (Å²) in [7, 11) is 4.23. The summed E-state index contributed by atoms with van der Waals surface area (Å²) in [5, 5.41) is 3.56. The Kier molecular flexibility index (Phi) is 6.62. The van der Waals surface area contributed by atoms with Gasteiger partial charge in [0.25, 0.3) is 0 Å². The van der Waals surface area contributed by atoms with Gasteiger partial charge >= 0.3 is 0 Å². The number of nitrogens with zero attached hydrogens (tertiary/aromatic N) is 3. The second-order valence-electron chi connectivity index (χ2n) is 6.99. The number of likely N-dealkylation sites (N-methyl/N-ethyl adjacent to an activating group) is 2. The summed E-state index contributed by atoms with van der Waals surface area (Å²) in [6.45, 7) is 13.9. The number of rotatable bonds is 7. The predicted molar refractivity (Wildman–Crippen MR) is 91.9 cm³/mol. The molecule has 1 aromatic rings. The maximum atomic E-state index is 4.65. The van der Waals surface area contributed by atoms with E-state index in [9.17, 15) is 0 Å². The molecule has 1 unspecified atom stereocenters. The van der Waals surface area contributed by atoms with Gasteiger partial charge in [-0.3, -0.25) is 0 Å². The molecule has 0 aliphatic rings. The van der Waals surface area contributed by atoms with E-state index in [1.165, 1.54) is 5.56 Å². The van der Waals surface area contributed by atoms with Crippen molar-refractivity contribution in [2.45, 2.75) is 52.7 Å². The number of hydrogen-bond donors (Lipinski definition) is 1. The predicted octanol–water partition coefficient (Wildman–Crippen LogP) is 2.75. The van der Waals surface area contributed by atoms with Crippen molar-refractivity contribution in [3.05, 3.63) is 23.9 Å². The second-order valence-corrected chi connectivity index (χ2v) is 6.99. The van der Waals surface area contributed by atoms with Crippen LogP contribution >= 0.6 is 0 Å². The first-order chi connectivity index (χ1) is 9.74. The van der Waals surface area contributed by atoms with Crippen LogP contribution < -0.4 is 10.2 Å². The van der Waals surface area contributed by atoms with Crippen molar-refractivity contribution in [2.75, 3.05) is 32.1 Å². The van der Waals surface area contributed by atoms with E-state index in [2.05, 4.69) is 74.9 Å². The Hall–Kier alpha value is -1.13. The molecule has 0 radical (unpaired) electrons. The first kappa shape index (κ1) is 17.9. The molecule has 0 aromatic carbocycles. The van der Waals surface area contributed by atoms with Crippen LogP contribution in [0.15, 0.2) is 18.3 Å². The minimum absolute atomic E-state index is 0.111. The molecule has 0 aliphatic heterocycles. The lowest BCUT2D eigenvalue weighted by Crippen LogP contribution is -2.42. The topological polar surface area (TPSA) is 31.4 Å². The highest BCUT2D eigenvalue weighted by molar-refractivity contribution is 5.47. The SMILES string of the molecule is CCN(c1ncccc1CNC(C)(C)C)C(C)CN(C)C. The van der Waals surface area contributed by atoms with E-state index in [1.807, 2.05) is 12.3 Å². The maximum Gasteiger partial charge on any atom is 0.133 e. The zero-order valence-electron chi connectivity index (χ0n) is 14.8. The standard InChI is InChI=1S/C17H32N4/c1-8-21(14(2)13-20(6)7)16-15(10-9-11-18-16)12-19-17(3,4)5/h9-11,14,19H,8,12-13H2,1-7H3. The summed E-state index contributed by atoms with van der Waals surface area (Å²) in [6.07, 6.45) is 1.89. The molecule has 0 bridgehead atoms. The molecule has 21 heavy (non-hydrogen) atoms. The molecule has 1 atom stereocenters. The van der Waals surface area contributed by atoms with E-state index in [0.29, 0.717) is 6.04 Å². The molecule has 1 heterocycles. The molecule has 0 saturated carbocycles. The van der Waals surface area contributed by atoms with Crippen LogP contribution in [0.2, 0.25) is 0 Å². The molecule has 0 fully saturated rings. The molecule has 0 aliphatic carbocycles. The van der Waals surface area contributed by atoms with Gasteiger partial charge in [0.05, 0.1) is 0 Å². The molecule has 0 spiro atoms. The summed E-state index contributed by atoms with van der Waals surface area (Å²) in [6, 6.07) is 4.63. The number of anilines is 1. The number of aromatic nitrogens is 1. The average Bonchev–Trinajstić information content (AvgIpc) is 2.36. The highest BCUT2D eigenvalue weighted by Crippen LogP contribution is 2.20. The van der Waals surface area contributed by atoms with Crippen molar-refractivity contribution in [3.63, 3.8) is 0 Å². The Bertz CT molecular complexity index is 423. The zero-order chi connectivity index (χ0) is 16.0. The first-order valence-electron chi connectivity index (χ1n) is 7.85.